The molecule has 0 spiro atoms. The van der Waals surface area contributed by atoms with E-state index in [4.69, 9.17) is 4.98 Å². The van der Waals surface area contributed by atoms with Crippen LogP contribution in [-0.2, 0) is 17.8 Å². The number of imidazole rings is 1. The van der Waals surface area contributed by atoms with Gasteiger partial charge in [-0.05, 0) is 60.2 Å². The van der Waals surface area contributed by atoms with Crippen LogP contribution < -0.4 is 15.5 Å². The Morgan fingerprint density at radius 3 is 2.66 bits per heavy atom. The number of nitrogens with zero attached hydrogens (tertiary/aromatic N) is 4. The van der Waals surface area contributed by atoms with Gasteiger partial charge in [0.15, 0.2) is 5.01 Å². The van der Waals surface area contributed by atoms with Gasteiger partial charge in [0.25, 0.3) is 12.3 Å². The lowest BCUT2D eigenvalue weighted by atomic mass is 9.88. The molecule has 1 atom stereocenters. The second kappa shape index (κ2) is 11.1. The number of hydrogen-bond donors (Lipinski definition) is 2. The number of amides is 2. The number of hydrogen-bond acceptors (Lipinski definition) is 6. The third kappa shape index (κ3) is 5.77. The molecule has 4 aromatic rings. The second-order valence-electron chi connectivity index (χ2n) is 11.1. The molecule has 0 fully saturated rings. The standard InChI is InChI=1S/C30H32F2N6O2S/c1-6-25(39)37-12-11-19-8-9-20(14-23(19)37)38-22-10-7-18(15-33-17(2)30(3,4)5)13-21(22)35-29(38)36-27(40)24-16-34-28(41-24)26(31)32/h6-10,13-14,16-17,26,33H,1,11-12,15H2,2-5H3,(H,35,36,40)/t17-/m0/s1. The first-order chi connectivity index (χ1) is 19.5. The summed E-state index contributed by atoms with van der Waals surface area (Å²) in [6, 6.07) is 12.0. The van der Waals surface area contributed by atoms with Gasteiger partial charge in [-0.15, -0.1) is 11.3 Å². The third-order valence-corrected chi connectivity index (χ3v) is 8.46. The zero-order valence-corrected chi connectivity index (χ0v) is 24.2. The van der Waals surface area contributed by atoms with Crippen molar-refractivity contribution in [1.82, 2.24) is 19.9 Å². The molecule has 3 heterocycles. The van der Waals surface area contributed by atoms with Gasteiger partial charge in [0, 0.05) is 24.8 Å². The van der Waals surface area contributed by atoms with Crippen molar-refractivity contribution < 1.29 is 18.4 Å². The van der Waals surface area contributed by atoms with Crippen LogP contribution in [0.4, 0.5) is 20.4 Å². The average molecular weight is 579 g/mol. The summed E-state index contributed by atoms with van der Waals surface area (Å²) in [4.78, 5) is 35.7. The summed E-state index contributed by atoms with van der Waals surface area (Å²) in [6.07, 6.45) is 0.401. The van der Waals surface area contributed by atoms with Crippen molar-refractivity contribution in [2.45, 2.75) is 53.1 Å². The van der Waals surface area contributed by atoms with Gasteiger partial charge < -0.3 is 10.2 Å². The predicted molar refractivity (Wildman–Crippen MR) is 158 cm³/mol. The average Bonchev–Trinajstić information content (AvgIpc) is 3.67. The highest BCUT2D eigenvalue weighted by atomic mass is 32.1. The fourth-order valence-corrected chi connectivity index (χ4v) is 5.33. The second-order valence-corrected chi connectivity index (χ2v) is 12.2. The number of halogens is 2. The Morgan fingerprint density at radius 1 is 1.20 bits per heavy atom. The van der Waals surface area contributed by atoms with Gasteiger partial charge in [0.05, 0.1) is 22.9 Å². The van der Waals surface area contributed by atoms with Gasteiger partial charge in [-0.2, -0.15) is 0 Å². The number of aromatic nitrogens is 3. The molecule has 11 heteroatoms. The molecule has 0 saturated heterocycles. The molecule has 0 unspecified atom stereocenters. The first-order valence-corrected chi connectivity index (χ1v) is 14.1. The molecule has 0 radical (unpaired) electrons. The van der Waals surface area contributed by atoms with Crippen LogP contribution in [0, 0.1) is 5.41 Å². The Morgan fingerprint density at radius 2 is 1.98 bits per heavy atom. The van der Waals surface area contributed by atoms with E-state index in [0.29, 0.717) is 35.6 Å². The Kier molecular flexibility index (Phi) is 7.76. The van der Waals surface area contributed by atoms with Crippen molar-refractivity contribution in [2.24, 2.45) is 5.41 Å². The molecule has 2 N–H and O–H groups in total. The molecule has 0 aliphatic carbocycles. The maximum atomic E-state index is 13.1. The topological polar surface area (TPSA) is 92.2 Å². The lowest BCUT2D eigenvalue weighted by Crippen LogP contribution is -2.37. The molecule has 5 rings (SSSR count). The monoisotopic (exact) mass is 578 g/mol. The number of alkyl halides is 2. The Balaban J connectivity index is 1.55. The largest absolute Gasteiger partial charge is 0.310 e. The fourth-order valence-electron chi connectivity index (χ4n) is 4.66. The molecule has 2 aromatic carbocycles. The summed E-state index contributed by atoms with van der Waals surface area (Å²) in [5, 5.41) is 5.93. The zero-order valence-electron chi connectivity index (χ0n) is 23.4. The van der Waals surface area contributed by atoms with E-state index in [2.05, 4.69) is 49.9 Å². The molecule has 0 bridgehead atoms. The van der Waals surface area contributed by atoms with Gasteiger partial charge >= 0.3 is 0 Å². The van der Waals surface area contributed by atoms with Crippen LogP contribution in [0.15, 0.2) is 55.3 Å². The Hall–Kier alpha value is -3.96. The van der Waals surface area contributed by atoms with E-state index in [9.17, 15) is 18.4 Å². The minimum Gasteiger partial charge on any atom is -0.310 e. The molecular formula is C30H32F2N6O2S. The number of rotatable bonds is 8. The Labute approximate surface area is 241 Å². The first-order valence-electron chi connectivity index (χ1n) is 13.3. The molecular weight excluding hydrogens is 546 g/mol. The number of nitrogens with one attached hydrogen (secondary N) is 2. The van der Waals surface area contributed by atoms with Crippen LogP contribution in [0.1, 0.15) is 59.9 Å². The highest BCUT2D eigenvalue weighted by Crippen LogP contribution is 2.34. The number of thiazole rings is 1. The van der Waals surface area contributed by atoms with Crippen molar-refractivity contribution in [3.8, 4) is 5.69 Å². The van der Waals surface area contributed by atoms with E-state index < -0.39 is 17.3 Å². The summed E-state index contributed by atoms with van der Waals surface area (Å²) in [7, 11) is 0. The molecule has 1 aliphatic rings. The summed E-state index contributed by atoms with van der Waals surface area (Å²) >= 11 is 0.641. The van der Waals surface area contributed by atoms with Crippen LogP contribution in [0.3, 0.4) is 0 Å². The highest BCUT2D eigenvalue weighted by molar-refractivity contribution is 7.13. The third-order valence-electron chi connectivity index (χ3n) is 7.45. The van der Waals surface area contributed by atoms with E-state index >= 15 is 0 Å². The van der Waals surface area contributed by atoms with Crippen LogP contribution in [0.5, 0.6) is 0 Å². The number of carbonyl (C=O) groups is 2. The van der Waals surface area contributed by atoms with E-state index in [1.54, 1.807) is 9.47 Å². The molecule has 0 saturated carbocycles. The molecule has 2 amide bonds. The fraction of sp³-hybridized carbons (Fsp3) is 0.333. The molecule has 2 aromatic heterocycles. The number of anilines is 2. The Bertz CT molecular complexity index is 1640. The zero-order chi connectivity index (χ0) is 29.5. The van der Waals surface area contributed by atoms with Crippen molar-refractivity contribution >= 4 is 45.8 Å². The number of carbonyl (C=O) groups excluding carboxylic acids is 2. The van der Waals surface area contributed by atoms with Crippen molar-refractivity contribution in [3.05, 3.63) is 76.3 Å². The molecule has 8 nitrogen and oxygen atoms in total. The van der Waals surface area contributed by atoms with Gasteiger partial charge in [-0.1, -0.05) is 39.5 Å². The minimum absolute atomic E-state index is 0.0525. The SMILES string of the molecule is C=CC(=O)N1CCc2ccc(-n3c(NC(=O)c4cnc(C(F)F)s4)nc4cc(CN[C@@H](C)C(C)(C)C)ccc43)cc21. The predicted octanol–water partition coefficient (Wildman–Crippen LogP) is 6.27. The first kappa shape index (κ1) is 28.6. The van der Waals surface area contributed by atoms with Crippen molar-refractivity contribution in [3.63, 3.8) is 0 Å². The van der Waals surface area contributed by atoms with Gasteiger partial charge in [-0.3, -0.25) is 19.5 Å². The smallest absolute Gasteiger partial charge is 0.289 e. The van der Waals surface area contributed by atoms with Gasteiger partial charge in [0.2, 0.25) is 11.9 Å². The van der Waals surface area contributed by atoms with E-state index in [0.717, 1.165) is 34.9 Å². The summed E-state index contributed by atoms with van der Waals surface area (Å²) in [5.74, 6) is -0.548. The van der Waals surface area contributed by atoms with E-state index in [1.807, 2.05) is 36.4 Å². The summed E-state index contributed by atoms with van der Waals surface area (Å²) in [5.41, 5.74) is 5.01. The molecule has 214 valence electrons. The van der Waals surface area contributed by atoms with E-state index in [1.165, 1.54) is 6.08 Å². The summed E-state index contributed by atoms with van der Waals surface area (Å²) < 4.78 is 28.0. The van der Waals surface area contributed by atoms with Gasteiger partial charge in [0.1, 0.15) is 4.88 Å². The van der Waals surface area contributed by atoms with Crippen molar-refractivity contribution in [2.75, 3.05) is 16.8 Å². The minimum atomic E-state index is -2.76. The number of fused-ring (bicyclic) bond motifs is 2. The van der Waals surface area contributed by atoms with Crippen molar-refractivity contribution in [1.29, 1.82) is 0 Å². The van der Waals surface area contributed by atoms with Crippen LogP contribution in [0.2, 0.25) is 0 Å². The van der Waals surface area contributed by atoms with E-state index in [-0.39, 0.29) is 28.2 Å². The lowest BCUT2D eigenvalue weighted by molar-refractivity contribution is -0.114. The number of benzene rings is 2. The maximum absolute atomic E-state index is 13.1. The highest BCUT2D eigenvalue weighted by Gasteiger charge is 2.26. The quantitative estimate of drug-likeness (QED) is 0.241. The molecule has 1 aliphatic heterocycles. The maximum Gasteiger partial charge on any atom is 0.289 e. The van der Waals surface area contributed by atoms with Crippen LogP contribution in [0.25, 0.3) is 16.7 Å². The van der Waals surface area contributed by atoms with Gasteiger partial charge in [-0.25, -0.2) is 18.7 Å². The van der Waals surface area contributed by atoms with Crippen LogP contribution in [-0.4, -0.2) is 38.9 Å². The normalized spacial score (nSPS) is 14.0. The van der Waals surface area contributed by atoms with Crippen LogP contribution >= 0.6 is 11.3 Å². The molecule has 41 heavy (non-hydrogen) atoms. The lowest BCUT2D eigenvalue weighted by Gasteiger charge is -2.28. The summed E-state index contributed by atoms with van der Waals surface area (Å²) in [6.45, 7) is 13.5.